The molecule has 0 spiro atoms. The number of rotatable bonds is 2. The minimum atomic E-state index is 0.681. The van der Waals surface area contributed by atoms with E-state index >= 15 is 0 Å². The summed E-state index contributed by atoms with van der Waals surface area (Å²) in [5.41, 5.74) is 4.35. The average Bonchev–Trinajstić information content (AvgIpc) is 3.03. The molecule has 0 bridgehead atoms. The Kier molecular flexibility index (Phi) is 3.60. The Hall–Kier alpha value is -2.41. The number of benzene rings is 1. The third kappa shape index (κ3) is 2.48. The Morgan fingerprint density at radius 3 is 2.45 bits per heavy atom. The molecule has 0 unspecified atom stereocenters. The zero-order valence-corrected chi connectivity index (χ0v) is 11.3. The molecule has 4 heteroatoms. The average molecular weight is 264 g/mol. The van der Waals surface area contributed by atoms with Crippen molar-refractivity contribution in [1.29, 1.82) is 5.26 Å². The van der Waals surface area contributed by atoms with Crippen molar-refractivity contribution < 1.29 is 0 Å². The molecule has 0 radical (unpaired) electrons. The van der Waals surface area contributed by atoms with Crippen LogP contribution in [0.5, 0.6) is 0 Å². The first-order chi connectivity index (χ1) is 9.88. The molecule has 0 aliphatic heterocycles. The van der Waals surface area contributed by atoms with E-state index in [1.807, 2.05) is 28.9 Å². The monoisotopic (exact) mass is 264 g/mol. The number of allylic oxidation sites excluding steroid dienone is 1. The van der Waals surface area contributed by atoms with Gasteiger partial charge in [0.15, 0.2) is 0 Å². The molecule has 1 heterocycles. The summed E-state index contributed by atoms with van der Waals surface area (Å²) < 4.78 is 1.85. The quantitative estimate of drug-likeness (QED) is 0.835. The zero-order valence-electron chi connectivity index (χ0n) is 11.3. The second-order valence-electron chi connectivity index (χ2n) is 5.04. The van der Waals surface area contributed by atoms with Crippen LogP contribution in [0.15, 0.2) is 42.5 Å². The predicted octanol–water partition coefficient (Wildman–Crippen LogP) is 3.37. The molecule has 1 saturated carbocycles. The maximum atomic E-state index is 8.91. The van der Waals surface area contributed by atoms with Gasteiger partial charge in [-0.1, -0.05) is 18.6 Å². The Morgan fingerprint density at radius 2 is 1.85 bits per heavy atom. The van der Waals surface area contributed by atoms with Crippen molar-refractivity contribution >= 4 is 5.70 Å². The molecule has 0 N–H and O–H groups in total. The van der Waals surface area contributed by atoms with E-state index in [2.05, 4.69) is 16.2 Å². The standard InChI is InChI=1S/C16H16N4/c17-10-13-6-8-15(9-7-13)16(20-12-18-11-19-20)14-4-2-1-3-5-14/h6-9,11-12H,1-5H2. The predicted molar refractivity (Wildman–Crippen MR) is 76.6 cm³/mol. The summed E-state index contributed by atoms with van der Waals surface area (Å²) in [6.45, 7) is 0. The van der Waals surface area contributed by atoms with E-state index in [-0.39, 0.29) is 0 Å². The third-order valence-corrected chi connectivity index (χ3v) is 3.73. The molecule has 1 fully saturated rings. The van der Waals surface area contributed by atoms with Crippen LogP contribution in [0, 0.1) is 11.3 Å². The molecule has 4 nitrogen and oxygen atoms in total. The van der Waals surface area contributed by atoms with Crippen molar-refractivity contribution in [2.45, 2.75) is 32.1 Å². The lowest BCUT2D eigenvalue weighted by molar-refractivity contribution is 0.596. The molecule has 100 valence electrons. The highest BCUT2D eigenvalue weighted by molar-refractivity contribution is 5.68. The molecular weight excluding hydrogens is 248 g/mol. The largest absolute Gasteiger partial charge is 0.223 e. The van der Waals surface area contributed by atoms with E-state index in [1.54, 1.807) is 12.7 Å². The molecule has 2 aromatic rings. The highest BCUT2D eigenvalue weighted by Gasteiger charge is 2.15. The van der Waals surface area contributed by atoms with Crippen molar-refractivity contribution in [3.63, 3.8) is 0 Å². The lowest BCUT2D eigenvalue weighted by atomic mass is 9.91. The summed E-state index contributed by atoms with van der Waals surface area (Å²) >= 11 is 0. The number of hydrogen-bond donors (Lipinski definition) is 0. The molecule has 1 aromatic carbocycles. The van der Waals surface area contributed by atoms with Crippen LogP contribution in [0.25, 0.3) is 5.70 Å². The summed E-state index contributed by atoms with van der Waals surface area (Å²) in [6.07, 6.45) is 9.34. The minimum Gasteiger partial charge on any atom is -0.223 e. The van der Waals surface area contributed by atoms with E-state index < -0.39 is 0 Å². The zero-order chi connectivity index (χ0) is 13.8. The van der Waals surface area contributed by atoms with Crippen LogP contribution in [0.2, 0.25) is 0 Å². The van der Waals surface area contributed by atoms with Gasteiger partial charge in [0.05, 0.1) is 17.3 Å². The molecule has 0 atom stereocenters. The topological polar surface area (TPSA) is 54.5 Å². The van der Waals surface area contributed by atoms with E-state index in [4.69, 9.17) is 5.26 Å². The Morgan fingerprint density at radius 1 is 1.10 bits per heavy atom. The molecular formula is C16H16N4. The Labute approximate surface area is 118 Å². The number of nitriles is 1. The molecule has 1 aromatic heterocycles. The summed E-state index contributed by atoms with van der Waals surface area (Å²) in [4.78, 5) is 4.06. The van der Waals surface area contributed by atoms with Gasteiger partial charge in [0.25, 0.3) is 0 Å². The summed E-state index contributed by atoms with van der Waals surface area (Å²) in [5.74, 6) is 0. The van der Waals surface area contributed by atoms with Crippen LogP contribution < -0.4 is 0 Å². The number of hydrogen-bond acceptors (Lipinski definition) is 3. The van der Waals surface area contributed by atoms with Gasteiger partial charge in [-0.15, -0.1) is 0 Å². The van der Waals surface area contributed by atoms with Crippen molar-refractivity contribution in [3.8, 4) is 6.07 Å². The number of nitrogens with zero attached hydrogens (tertiary/aromatic N) is 4. The van der Waals surface area contributed by atoms with Crippen LogP contribution >= 0.6 is 0 Å². The van der Waals surface area contributed by atoms with Gasteiger partial charge in [-0.05, 0) is 43.4 Å². The van der Waals surface area contributed by atoms with Gasteiger partial charge in [-0.2, -0.15) is 10.4 Å². The molecule has 0 saturated heterocycles. The SMILES string of the molecule is N#Cc1ccc(C(=C2CCCCC2)n2cncn2)cc1. The molecule has 3 rings (SSSR count). The van der Waals surface area contributed by atoms with Gasteiger partial charge in [-0.3, -0.25) is 0 Å². The van der Waals surface area contributed by atoms with Crippen molar-refractivity contribution in [3.05, 3.63) is 53.6 Å². The van der Waals surface area contributed by atoms with Crippen molar-refractivity contribution in [2.24, 2.45) is 0 Å². The Bertz CT molecular complexity index is 637. The fourth-order valence-corrected chi connectivity index (χ4v) is 2.74. The minimum absolute atomic E-state index is 0.681. The highest BCUT2D eigenvalue weighted by atomic mass is 15.3. The fraction of sp³-hybridized carbons (Fsp3) is 0.312. The number of aromatic nitrogens is 3. The highest BCUT2D eigenvalue weighted by Crippen LogP contribution is 2.31. The first-order valence-corrected chi connectivity index (χ1v) is 6.96. The van der Waals surface area contributed by atoms with Crippen LogP contribution in [0.1, 0.15) is 43.2 Å². The maximum Gasteiger partial charge on any atom is 0.138 e. The molecule has 20 heavy (non-hydrogen) atoms. The summed E-state index contributed by atoms with van der Waals surface area (Å²) in [7, 11) is 0. The van der Waals surface area contributed by atoms with E-state index in [0.29, 0.717) is 5.56 Å². The van der Waals surface area contributed by atoms with Crippen LogP contribution in [0.3, 0.4) is 0 Å². The van der Waals surface area contributed by atoms with Crippen LogP contribution in [-0.2, 0) is 0 Å². The summed E-state index contributed by atoms with van der Waals surface area (Å²) in [5, 5.41) is 13.2. The van der Waals surface area contributed by atoms with E-state index in [1.165, 1.54) is 24.8 Å². The molecule has 1 aliphatic rings. The van der Waals surface area contributed by atoms with Gasteiger partial charge in [0.2, 0.25) is 0 Å². The smallest absolute Gasteiger partial charge is 0.138 e. The van der Waals surface area contributed by atoms with Crippen molar-refractivity contribution in [2.75, 3.05) is 0 Å². The first-order valence-electron chi connectivity index (χ1n) is 6.96. The van der Waals surface area contributed by atoms with Crippen molar-refractivity contribution in [1.82, 2.24) is 14.8 Å². The van der Waals surface area contributed by atoms with Crippen LogP contribution in [-0.4, -0.2) is 14.8 Å². The normalized spacial score (nSPS) is 14.8. The second-order valence-corrected chi connectivity index (χ2v) is 5.04. The lowest BCUT2D eigenvalue weighted by Crippen LogP contribution is -2.06. The second kappa shape index (κ2) is 5.70. The van der Waals surface area contributed by atoms with E-state index in [0.717, 1.165) is 24.1 Å². The maximum absolute atomic E-state index is 8.91. The fourth-order valence-electron chi connectivity index (χ4n) is 2.74. The van der Waals surface area contributed by atoms with Gasteiger partial charge in [-0.25, -0.2) is 9.67 Å². The van der Waals surface area contributed by atoms with Gasteiger partial charge >= 0.3 is 0 Å². The van der Waals surface area contributed by atoms with E-state index in [9.17, 15) is 0 Å². The van der Waals surface area contributed by atoms with Gasteiger partial charge in [0, 0.05) is 5.56 Å². The van der Waals surface area contributed by atoms with Crippen LogP contribution in [0.4, 0.5) is 0 Å². The molecule has 0 amide bonds. The lowest BCUT2D eigenvalue weighted by Gasteiger charge is -2.19. The third-order valence-electron chi connectivity index (χ3n) is 3.73. The summed E-state index contributed by atoms with van der Waals surface area (Å²) in [6, 6.07) is 9.86. The van der Waals surface area contributed by atoms with Gasteiger partial charge in [0.1, 0.15) is 12.7 Å². The molecule has 1 aliphatic carbocycles. The van der Waals surface area contributed by atoms with Gasteiger partial charge < -0.3 is 0 Å². The Balaban J connectivity index is 2.07. The first kappa shape index (κ1) is 12.6.